The van der Waals surface area contributed by atoms with Crippen LogP contribution in [-0.2, 0) is 21.3 Å². The van der Waals surface area contributed by atoms with Gasteiger partial charge in [0.05, 0.1) is 0 Å². The minimum atomic E-state index is -4.58. The normalized spacial score (nSPS) is 13.3. The molecule has 0 atom stereocenters. The molecule has 0 spiro atoms. The number of aliphatic hydroxyl groups is 3. The topological polar surface area (TPSA) is 186 Å². The quantitative estimate of drug-likeness (QED) is 0.134. The fourth-order valence-corrected chi connectivity index (χ4v) is 5.37. The molecule has 0 saturated carbocycles. The first-order chi connectivity index (χ1) is 7.93. The first kappa shape index (κ1) is 25.3. The molecule has 0 fully saturated rings. The van der Waals surface area contributed by atoms with Gasteiger partial charge in [0.25, 0.3) is 0 Å². The van der Waals surface area contributed by atoms with Crippen LogP contribution in [0, 0.1) is 0 Å². The molecule has 0 rings (SSSR count). The molecule has 0 aromatic rings. The Hall–Kier alpha value is 1.31. The monoisotopic (exact) mass is 368 g/mol. The Kier molecular flexibility index (Phi) is 17.3. The Balaban J connectivity index is -0.00000128. The molecular formula is C6H24CuN3NaO7S. The summed E-state index contributed by atoms with van der Waals surface area (Å²) in [6.45, 7) is -0.988. The molecule has 13 heteroatoms. The van der Waals surface area contributed by atoms with Crippen molar-refractivity contribution in [2.75, 3.05) is 39.5 Å². The standard InChI is InChI=1S/3C2H6NO.Cu.Na.H3O3S.H2O.H/c3*3-1-2-4;;;1-4(2)3;;/h3*3-4H,1-2H2;;;4H,(H2,1,2,3);1H2;/q3*-1;+3;;;;. The van der Waals surface area contributed by atoms with Gasteiger partial charge >= 0.3 is 132 Å². The van der Waals surface area contributed by atoms with Crippen LogP contribution in [0.4, 0.5) is 0 Å². The first-order valence-corrected chi connectivity index (χ1v) is 8.79. The van der Waals surface area contributed by atoms with Gasteiger partial charge in [0.15, 0.2) is 0 Å². The molecule has 0 aliphatic rings. The third kappa shape index (κ3) is 9.03. The molecule has 0 aliphatic heterocycles. The summed E-state index contributed by atoms with van der Waals surface area (Å²) in [4.78, 5) is 0. The van der Waals surface area contributed by atoms with E-state index in [1.807, 2.05) is 0 Å². The number of aliphatic hydroxyl groups excluding tert-OH is 3. The summed E-state index contributed by atoms with van der Waals surface area (Å²) >= 11 is -2.90. The third-order valence-corrected chi connectivity index (χ3v) is 7.61. The second-order valence-electron chi connectivity index (χ2n) is 2.60. The Labute approximate surface area is 137 Å². The second-order valence-corrected chi connectivity index (χ2v) is 9.10. The summed E-state index contributed by atoms with van der Waals surface area (Å²) in [5, 5.41) is 26.1. The van der Waals surface area contributed by atoms with Crippen LogP contribution in [0.25, 0.3) is 0 Å². The van der Waals surface area contributed by atoms with E-state index in [4.69, 9.17) is 15.3 Å². The van der Waals surface area contributed by atoms with Crippen molar-refractivity contribution in [3.8, 4) is 0 Å². The summed E-state index contributed by atoms with van der Waals surface area (Å²) in [5.41, 5.74) is 0. The average Bonchev–Trinajstić information content (AvgIpc) is 2.27. The second kappa shape index (κ2) is 13.0. The van der Waals surface area contributed by atoms with Crippen molar-refractivity contribution in [2.45, 2.75) is 0 Å². The van der Waals surface area contributed by atoms with Crippen LogP contribution in [0.3, 0.4) is 0 Å². The Morgan fingerprint density at radius 2 is 1.11 bits per heavy atom. The van der Waals surface area contributed by atoms with Crippen LogP contribution < -0.4 is 13.0 Å². The molecule has 0 aromatic heterocycles. The van der Waals surface area contributed by atoms with Gasteiger partial charge in [-0.2, -0.15) is 0 Å². The number of thiol groups is 1. The molecule has 0 radical (unpaired) electrons. The van der Waals surface area contributed by atoms with Gasteiger partial charge in [-0.1, -0.05) is 0 Å². The maximum absolute atomic E-state index is 11.5. The van der Waals surface area contributed by atoms with Crippen LogP contribution >= 0.6 is 0 Å². The molecule has 0 amide bonds. The van der Waals surface area contributed by atoms with E-state index in [-0.39, 0.29) is 74.5 Å². The van der Waals surface area contributed by atoms with E-state index in [0.717, 1.165) is 0 Å². The Bertz CT molecular complexity index is 237. The van der Waals surface area contributed by atoms with Gasteiger partial charge in [-0.25, -0.2) is 0 Å². The first-order valence-electron chi connectivity index (χ1n) is 4.68. The van der Waals surface area contributed by atoms with E-state index in [1.165, 1.54) is 0 Å². The summed E-state index contributed by atoms with van der Waals surface area (Å²) in [6.07, 6.45) is 0. The van der Waals surface area contributed by atoms with Crippen molar-refractivity contribution >= 4 is 38.5 Å². The molecule has 0 bridgehead atoms. The van der Waals surface area contributed by atoms with E-state index in [2.05, 4.69) is 13.0 Å². The molecule has 0 aromatic carbocycles. The SMILES string of the molecule is O.O=[SH](O)(O)[Cu]([NH]CCO)([NH]CCO)[NH]CCO.[NaH]. The molecule has 10 N–H and O–H groups in total. The van der Waals surface area contributed by atoms with E-state index >= 15 is 0 Å². The van der Waals surface area contributed by atoms with E-state index in [1.54, 1.807) is 0 Å². The van der Waals surface area contributed by atoms with Crippen molar-refractivity contribution in [1.29, 1.82) is 0 Å². The van der Waals surface area contributed by atoms with Gasteiger partial charge in [-0.15, -0.1) is 0 Å². The zero-order valence-electron chi connectivity index (χ0n) is 9.64. The van der Waals surface area contributed by atoms with Crippen molar-refractivity contribution in [1.82, 2.24) is 13.0 Å². The summed E-state index contributed by atoms with van der Waals surface area (Å²) in [6, 6.07) is 0. The van der Waals surface area contributed by atoms with Gasteiger partial charge in [0.2, 0.25) is 0 Å². The molecule has 10 nitrogen and oxygen atoms in total. The number of hydrogen-bond acceptors (Lipinski definition) is 7. The molecule has 0 unspecified atom stereocenters. The fraction of sp³-hybridized carbons (Fsp3) is 1.00. The van der Waals surface area contributed by atoms with Gasteiger partial charge in [0.1, 0.15) is 0 Å². The molecule has 0 aliphatic carbocycles. The van der Waals surface area contributed by atoms with E-state index in [0.29, 0.717) is 0 Å². The van der Waals surface area contributed by atoms with E-state index in [9.17, 15) is 13.3 Å². The van der Waals surface area contributed by atoms with E-state index < -0.39 is 21.3 Å². The molecule has 0 saturated heterocycles. The van der Waals surface area contributed by atoms with Crippen LogP contribution in [0.2, 0.25) is 0 Å². The Morgan fingerprint density at radius 3 is 1.26 bits per heavy atom. The average molecular weight is 369 g/mol. The zero-order valence-corrected chi connectivity index (χ0v) is 11.5. The fourth-order valence-electron chi connectivity index (χ4n) is 0.728. The van der Waals surface area contributed by atoms with Gasteiger partial charge in [-0.3, -0.25) is 0 Å². The minimum absolute atomic E-state index is 0. The summed E-state index contributed by atoms with van der Waals surface area (Å²) in [7, 11) is -4.58. The summed E-state index contributed by atoms with van der Waals surface area (Å²) in [5.74, 6) is 0. The maximum atomic E-state index is 11.5. The van der Waals surface area contributed by atoms with Crippen LogP contribution in [0.5, 0.6) is 0 Å². The van der Waals surface area contributed by atoms with Crippen LogP contribution in [0.1, 0.15) is 0 Å². The summed E-state index contributed by atoms with van der Waals surface area (Å²) < 4.78 is 37.6. The van der Waals surface area contributed by atoms with Crippen molar-refractivity contribution < 1.29 is 46.5 Å². The zero-order chi connectivity index (χ0) is 13.4. The van der Waals surface area contributed by atoms with Crippen LogP contribution in [-0.4, -0.2) is 103 Å². The molecule has 19 heavy (non-hydrogen) atoms. The van der Waals surface area contributed by atoms with Crippen molar-refractivity contribution in [3.63, 3.8) is 0 Å². The number of rotatable bonds is 10. The molecule has 123 valence electrons. The van der Waals surface area contributed by atoms with Gasteiger partial charge in [-0.05, 0) is 0 Å². The molecular weight excluding hydrogens is 345 g/mol. The van der Waals surface area contributed by atoms with Gasteiger partial charge < -0.3 is 5.48 Å². The van der Waals surface area contributed by atoms with Crippen molar-refractivity contribution in [2.24, 2.45) is 0 Å². The number of nitrogens with one attached hydrogen (secondary N) is 3. The van der Waals surface area contributed by atoms with Crippen LogP contribution in [0.15, 0.2) is 0 Å². The Morgan fingerprint density at radius 1 is 0.842 bits per heavy atom. The van der Waals surface area contributed by atoms with Gasteiger partial charge in [0, 0.05) is 0 Å². The third-order valence-electron chi connectivity index (χ3n) is 1.29. The predicted octanol–water partition coefficient (Wildman–Crippen LogP) is -4.96. The molecule has 0 heterocycles. The number of hydrogen-bond donors (Lipinski definition) is 9. The van der Waals surface area contributed by atoms with Crippen molar-refractivity contribution in [3.05, 3.63) is 0 Å². The predicted molar refractivity (Wildman–Crippen MR) is 70.8 cm³/mol.